The summed E-state index contributed by atoms with van der Waals surface area (Å²) >= 11 is 14.4. The normalized spacial score (nSPS) is 20.2. The zero-order chi connectivity index (χ0) is 22.2. The lowest BCUT2D eigenvalue weighted by atomic mass is 9.48. The third-order valence-corrected chi connectivity index (χ3v) is 6.69. The topological polar surface area (TPSA) is 35.0 Å². The number of ether oxygens (including phenoxy) is 1. The molecule has 3 aromatic rings. The number of alkyl halides is 3. The Morgan fingerprint density at radius 2 is 1.55 bits per heavy atom. The van der Waals surface area contributed by atoms with E-state index >= 15 is 0 Å². The quantitative estimate of drug-likeness (QED) is 0.368. The standard InChI is InChI=1S/C24H24N2O.CHCl3/c1-24(2)16-13-19(24)18-11-12-22(26-23(18)14-16)21-6-4-5-20(25-21)15-7-9-17(27-3)10-8-15;2-1(3)4/h4-12,16,19H,13-14H2,1-3H3;1H/t16-,19+;/m1./s1. The SMILES string of the molecule is COc1ccc(-c2cccc(-c3ccc4c(n3)C[C@H]3C[C@@H]4C3(C)C)n2)cc1.ClC(Cl)Cl. The molecular weight excluding hydrogens is 451 g/mol. The fraction of sp³-hybridized carbons (Fsp3) is 0.360. The van der Waals surface area contributed by atoms with E-state index in [9.17, 15) is 0 Å². The van der Waals surface area contributed by atoms with Crippen molar-refractivity contribution < 1.29 is 4.74 Å². The molecule has 6 heteroatoms. The van der Waals surface area contributed by atoms with Crippen LogP contribution in [-0.2, 0) is 6.42 Å². The van der Waals surface area contributed by atoms with Crippen LogP contribution >= 0.6 is 34.8 Å². The van der Waals surface area contributed by atoms with Crippen molar-refractivity contribution in [3.63, 3.8) is 0 Å². The average molecular weight is 476 g/mol. The Morgan fingerprint density at radius 1 is 0.903 bits per heavy atom. The van der Waals surface area contributed by atoms with Gasteiger partial charge in [0.05, 0.1) is 24.2 Å². The maximum Gasteiger partial charge on any atom is 0.180 e. The molecule has 2 bridgehead atoms. The second-order valence-electron chi connectivity index (χ2n) is 8.63. The molecule has 2 heterocycles. The van der Waals surface area contributed by atoms with Crippen LogP contribution in [0.5, 0.6) is 5.75 Å². The molecule has 3 nitrogen and oxygen atoms in total. The van der Waals surface area contributed by atoms with Gasteiger partial charge in [-0.2, -0.15) is 0 Å². The Morgan fingerprint density at radius 3 is 2.19 bits per heavy atom. The number of benzene rings is 1. The van der Waals surface area contributed by atoms with Gasteiger partial charge in [0.2, 0.25) is 0 Å². The van der Waals surface area contributed by atoms with Crippen molar-refractivity contribution in [3.8, 4) is 28.4 Å². The predicted molar refractivity (Wildman–Crippen MR) is 129 cm³/mol. The molecule has 3 aliphatic rings. The fourth-order valence-electron chi connectivity index (χ4n) is 4.76. The van der Waals surface area contributed by atoms with Gasteiger partial charge in [0.15, 0.2) is 4.30 Å². The summed E-state index contributed by atoms with van der Waals surface area (Å²) in [5.41, 5.74) is 7.12. The lowest BCUT2D eigenvalue weighted by Crippen LogP contribution is -2.48. The number of halogens is 3. The van der Waals surface area contributed by atoms with Gasteiger partial charge in [-0.15, -0.1) is 0 Å². The fourth-order valence-corrected chi connectivity index (χ4v) is 4.76. The maximum atomic E-state index is 5.25. The Labute approximate surface area is 198 Å². The van der Waals surface area contributed by atoms with Crippen LogP contribution < -0.4 is 4.74 Å². The van der Waals surface area contributed by atoms with Crippen LogP contribution in [0.25, 0.3) is 22.6 Å². The van der Waals surface area contributed by atoms with E-state index in [1.165, 1.54) is 17.7 Å². The van der Waals surface area contributed by atoms with Gasteiger partial charge in [-0.1, -0.05) is 60.8 Å². The van der Waals surface area contributed by atoms with Crippen LogP contribution in [0.3, 0.4) is 0 Å². The number of aromatic nitrogens is 2. The summed E-state index contributed by atoms with van der Waals surface area (Å²) in [5.74, 6) is 2.30. The van der Waals surface area contributed by atoms with E-state index in [4.69, 9.17) is 49.5 Å². The van der Waals surface area contributed by atoms with Gasteiger partial charge in [0.25, 0.3) is 0 Å². The van der Waals surface area contributed by atoms with Crippen LogP contribution in [-0.4, -0.2) is 21.4 Å². The molecule has 0 N–H and O–H groups in total. The number of rotatable bonds is 3. The molecule has 6 rings (SSSR count). The van der Waals surface area contributed by atoms with Gasteiger partial charge in [-0.05, 0) is 78.1 Å². The van der Waals surface area contributed by atoms with E-state index in [0.717, 1.165) is 40.7 Å². The van der Waals surface area contributed by atoms with Crippen molar-refractivity contribution in [3.05, 3.63) is 65.9 Å². The first-order valence-electron chi connectivity index (χ1n) is 10.3. The molecule has 2 aromatic heterocycles. The van der Waals surface area contributed by atoms with Crippen LogP contribution in [0, 0.1) is 11.3 Å². The van der Waals surface area contributed by atoms with Crippen LogP contribution in [0.15, 0.2) is 54.6 Å². The van der Waals surface area contributed by atoms with Gasteiger partial charge in [0, 0.05) is 11.3 Å². The van der Waals surface area contributed by atoms with Crippen LogP contribution in [0.4, 0.5) is 0 Å². The highest BCUT2D eigenvalue weighted by molar-refractivity contribution is 6.63. The van der Waals surface area contributed by atoms with Crippen molar-refractivity contribution in [1.29, 1.82) is 0 Å². The molecule has 0 saturated heterocycles. The van der Waals surface area contributed by atoms with Crippen molar-refractivity contribution >= 4 is 34.8 Å². The highest BCUT2D eigenvalue weighted by Crippen LogP contribution is 2.61. The second-order valence-corrected chi connectivity index (χ2v) is 10.6. The van der Waals surface area contributed by atoms with Gasteiger partial charge in [-0.25, -0.2) is 4.98 Å². The van der Waals surface area contributed by atoms with Gasteiger partial charge < -0.3 is 4.74 Å². The Hall–Kier alpha value is -1.81. The Bertz CT molecular complexity index is 1060. The zero-order valence-corrected chi connectivity index (χ0v) is 20.0. The summed E-state index contributed by atoms with van der Waals surface area (Å²) in [7, 11) is 1.68. The van der Waals surface area contributed by atoms with Crippen LogP contribution in [0.2, 0.25) is 0 Å². The third kappa shape index (κ3) is 4.55. The summed E-state index contributed by atoms with van der Waals surface area (Å²) in [6, 6.07) is 18.6. The van der Waals surface area contributed by atoms with Gasteiger partial charge >= 0.3 is 0 Å². The first-order valence-corrected chi connectivity index (χ1v) is 11.6. The van der Waals surface area contributed by atoms with E-state index in [1.807, 2.05) is 30.3 Å². The van der Waals surface area contributed by atoms with Crippen molar-refractivity contribution in [2.75, 3.05) is 7.11 Å². The largest absolute Gasteiger partial charge is 0.497 e. The van der Waals surface area contributed by atoms with Gasteiger partial charge in [-0.3, -0.25) is 4.98 Å². The van der Waals surface area contributed by atoms with E-state index in [0.29, 0.717) is 11.3 Å². The molecule has 162 valence electrons. The summed E-state index contributed by atoms with van der Waals surface area (Å²) in [6.45, 7) is 4.81. The van der Waals surface area contributed by atoms with E-state index < -0.39 is 4.30 Å². The lowest BCUT2D eigenvalue weighted by Gasteiger charge is -2.56. The first kappa shape index (κ1) is 22.4. The van der Waals surface area contributed by atoms with Crippen LogP contribution in [0.1, 0.15) is 37.4 Å². The number of nitrogens with zero attached hydrogens (tertiary/aromatic N) is 2. The monoisotopic (exact) mass is 474 g/mol. The molecule has 0 amide bonds. The zero-order valence-electron chi connectivity index (χ0n) is 17.8. The smallest absolute Gasteiger partial charge is 0.180 e. The number of methoxy groups -OCH3 is 1. The van der Waals surface area contributed by atoms with E-state index in [2.05, 4.69) is 38.1 Å². The average Bonchev–Trinajstić information content (AvgIpc) is 2.78. The van der Waals surface area contributed by atoms with E-state index in [1.54, 1.807) is 7.11 Å². The molecule has 2 atom stereocenters. The summed E-state index contributed by atoms with van der Waals surface area (Å²) in [5, 5.41) is 0. The molecule has 0 spiro atoms. The molecule has 1 aromatic carbocycles. The Balaban J connectivity index is 0.000000535. The second kappa shape index (κ2) is 8.97. The maximum absolute atomic E-state index is 5.25. The number of hydrogen-bond acceptors (Lipinski definition) is 3. The number of hydrogen-bond donors (Lipinski definition) is 0. The predicted octanol–water partition coefficient (Wildman–Crippen LogP) is 7.49. The van der Waals surface area contributed by atoms with Crippen molar-refractivity contribution in [2.45, 2.75) is 36.9 Å². The highest BCUT2D eigenvalue weighted by atomic mass is 35.6. The molecule has 1 saturated carbocycles. The first-order chi connectivity index (χ1) is 14.8. The lowest BCUT2D eigenvalue weighted by molar-refractivity contribution is 0.0170. The van der Waals surface area contributed by atoms with Crippen molar-refractivity contribution in [1.82, 2.24) is 9.97 Å². The molecule has 1 fully saturated rings. The molecule has 0 aliphatic heterocycles. The minimum atomic E-state index is -0.750. The van der Waals surface area contributed by atoms with E-state index in [-0.39, 0.29) is 0 Å². The van der Waals surface area contributed by atoms with Gasteiger partial charge in [0.1, 0.15) is 5.75 Å². The molecule has 31 heavy (non-hydrogen) atoms. The molecule has 0 unspecified atom stereocenters. The molecule has 3 aliphatic carbocycles. The summed E-state index contributed by atoms with van der Waals surface area (Å²) in [4.78, 5) is 9.88. The minimum absolute atomic E-state index is 0.433. The minimum Gasteiger partial charge on any atom is -0.497 e. The number of pyridine rings is 2. The van der Waals surface area contributed by atoms with Crippen molar-refractivity contribution in [2.24, 2.45) is 11.3 Å². The molecular formula is C25H25Cl3N2O. The Kier molecular flexibility index (Phi) is 6.48. The summed E-state index contributed by atoms with van der Waals surface area (Å²) in [6.07, 6.45) is 2.43. The molecule has 0 radical (unpaired) electrons. The summed E-state index contributed by atoms with van der Waals surface area (Å²) < 4.78 is 4.50. The highest BCUT2D eigenvalue weighted by Gasteiger charge is 2.52. The third-order valence-electron chi connectivity index (χ3n) is 6.69.